The number of anilines is 3. The molecule has 0 aliphatic carbocycles. The molecule has 1 atom stereocenters. The highest BCUT2D eigenvalue weighted by molar-refractivity contribution is 6.30. The topological polar surface area (TPSA) is 15.3 Å². The number of benzene rings is 2. The summed E-state index contributed by atoms with van der Waals surface area (Å²) < 4.78 is 0. The minimum Gasteiger partial charge on any atom is -0.363 e. The summed E-state index contributed by atoms with van der Waals surface area (Å²) in [4.78, 5) is 2.33. The molecule has 1 N–H and O–H groups in total. The first-order valence-corrected chi connectivity index (χ1v) is 6.58. The van der Waals surface area contributed by atoms with Gasteiger partial charge in [0.05, 0.1) is 11.4 Å². The van der Waals surface area contributed by atoms with E-state index < -0.39 is 0 Å². The van der Waals surface area contributed by atoms with E-state index in [1.165, 1.54) is 17.1 Å². The van der Waals surface area contributed by atoms with Gasteiger partial charge in [-0.15, -0.1) is 0 Å². The number of para-hydroxylation sites is 2. The molecule has 0 amide bonds. The van der Waals surface area contributed by atoms with Crippen LogP contribution >= 0.6 is 11.6 Å². The maximum Gasteiger partial charge on any atom is 0.104 e. The molecule has 1 unspecified atom stereocenters. The molecule has 0 saturated carbocycles. The third-order valence-corrected chi connectivity index (χ3v) is 3.54. The fraction of sp³-hybridized carbons (Fsp3) is 0.200. The molecule has 2 aromatic rings. The molecule has 1 heterocycles. The largest absolute Gasteiger partial charge is 0.363 e. The van der Waals surface area contributed by atoms with Gasteiger partial charge in [0.25, 0.3) is 0 Å². The zero-order valence-electron chi connectivity index (χ0n) is 10.2. The lowest BCUT2D eigenvalue weighted by Gasteiger charge is -2.26. The van der Waals surface area contributed by atoms with E-state index in [4.69, 9.17) is 11.6 Å². The molecular weight excluding hydrogens is 244 g/mol. The van der Waals surface area contributed by atoms with Gasteiger partial charge >= 0.3 is 0 Å². The lowest BCUT2D eigenvalue weighted by Crippen LogP contribution is -2.30. The summed E-state index contributed by atoms with van der Waals surface area (Å²) in [6, 6.07) is 16.4. The lowest BCUT2D eigenvalue weighted by molar-refractivity contribution is 0.728. The summed E-state index contributed by atoms with van der Waals surface area (Å²) in [5, 5.41) is 4.31. The minimum atomic E-state index is 0.309. The van der Waals surface area contributed by atoms with E-state index in [1.807, 2.05) is 12.1 Å². The maximum absolute atomic E-state index is 5.95. The highest BCUT2D eigenvalue weighted by atomic mass is 35.5. The molecule has 0 bridgehead atoms. The maximum atomic E-state index is 5.95. The third kappa shape index (κ3) is 1.83. The van der Waals surface area contributed by atoms with Gasteiger partial charge in [0.1, 0.15) is 6.17 Å². The van der Waals surface area contributed by atoms with Crippen molar-refractivity contribution in [2.24, 2.45) is 0 Å². The number of halogens is 1. The molecule has 3 rings (SSSR count). The van der Waals surface area contributed by atoms with E-state index in [-0.39, 0.29) is 0 Å². The fourth-order valence-electron chi connectivity index (χ4n) is 2.42. The summed E-state index contributed by atoms with van der Waals surface area (Å²) in [5.41, 5.74) is 3.59. The van der Waals surface area contributed by atoms with Crippen LogP contribution in [0.5, 0.6) is 0 Å². The Kier molecular flexibility index (Phi) is 2.88. The number of fused-ring (bicyclic) bond motifs is 1. The normalized spacial score (nSPS) is 17.4. The molecular formula is C15H15ClN2. The van der Waals surface area contributed by atoms with Crippen molar-refractivity contribution in [1.82, 2.24) is 0 Å². The minimum absolute atomic E-state index is 0.309. The predicted molar refractivity (Wildman–Crippen MR) is 77.7 cm³/mol. The third-order valence-electron chi connectivity index (χ3n) is 3.29. The molecule has 1 aliphatic heterocycles. The average molecular weight is 259 g/mol. The molecule has 1 aliphatic rings. The van der Waals surface area contributed by atoms with Crippen molar-refractivity contribution in [2.75, 3.05) is 10.2 Å². The Hall–Kier alpha value is -1.67. The molecule has 0 radical (unpaired) electrons. The fourth-order valence-corrected chi connectivity index (χ4v) is 2.55. The lowest BCUT2D eigenvalue weighted by atomic mass is 10.2. The van der Waals surface area contributed by atoms with Gasteiger partial charge in [0, 0.05) is 10.7 Å². The predicted octanol–water partition coefficient (Wildman–Crippen LogP) is 4.64. The van der Waals surface area contributed by atoms with Gasteiger partial charge in [-0.05, 0) is 42.8 Å². The van der Waals surface area contributed by atoms with E-state index in [2.05, 4.69) is 53.5 Å². The summed E-state index contributed by atoms with van der Waals surface area (Å²) in [6.07, 6.45) is 1.35. The number of hydrogen-bond acceptors (Lipinski definition) is 2. The second-order valence-electron chi connectivity index (χ2n) is 4.43. The van der Waals surface area contributed by atoms with Gasteiger partial charge in [-0.1, -0.05) is 30.7 Å². The first kappa shape index (κ1) is 11.4. The quantitative estimate of drug-likeness (QED) is 0.844. The van der Waals surface area contributed by atoms with Crippen LogP contribution in [0.4, 0.5) is 17.1 Å². The SMILES string of the molecule is CCC1Nc2ccccc2N1c1ccc(Cl)cc1. The van der Waals surface area contributed by atoms with Gasteiger partial charge in [0.15, 0.2) is 0 Å². The van der Waals surface area contributed by atoms with Crippen molar-refractivity contribution in [2.45, 2.75) is 19.5 Å². The van der Waals surface area contributed by atoms with Crippen LogP contribution in [-0.4, -0.2) is 6.17 Å². The van der Waals surface area contributed by atoms with Gasteiger partial charge < -0.3 is 10.2 Å². The van der Waals surface area contributed by atoms with E-state index in [0.29, 0.717) is 6.17 Å². The number of nitrogens with zero attached hydrogens (tertiary/aromatic N) is 1. The first-order valence-electron chi connectivity index (χ1n) is 6.20. The molecule has 3 heteroatoms. The van der Waals surface area contributed by atoms with Crippen molar-refractivity contribution >= 4 is 28.7 Å². The average Bonchev–Trinajstić information content (AvgIpc) is 2.78. The molecule has 2 nitrogen and oxygen atoms in total. The Bertz CT molecular complexity index is 551. The summed E-state index contributed by atoms with van der Waals surface area (Å²) >= 11 is 5.95. The Balaban J connectivity index is 2.06. The van der Waals surface area contributed by atoms with Gasteiger partial charge in [0.2, 0.25) is 0 Å². The Morgan fingerprint density at radius 2 is 1.83 bits per heavy atom. The van der Waals surface area contributed by atoms with Crippen molar-refractivity contribution in [1.29, 1.82) is 0 Å². The van der Waals surface area contributed by atoms with Crippen molar-refractivity contribution < 1.29 is 0 Å². The van der Waals surface area contributed by atoms with Crippen LogP contribution in [0.25, 0.3) is 0 Å². The van der Waals surface area contributed by atoms with Crippen molar-refractivity contribution in [3.05, 3.63) is 53.6 Å². The summed E-state index contributed by atoms with van der Waals surface area (Å²) in [6.45, 7) is 2.19. The van der Waals surface area contributed by atoms with Gasteiger partial charge in [-0.25, -0.2) is 0 Å². The number of nitrogens with one attached hydrogen (secondary N) is 1. The zero-order valence-corrected chi connectivity index (χ0v) is 11.0. The monoisotopic (exact) mass is 258 g/mol. The van der Waals surface area contributed by atoms with Crippen molar-refractivity contribution in [3.8, 4) is 0 Å². The second-order valence-corrected chi connectivity index (χ2v) is 4.87. The van der Waals surface area contributed by atoms with Crippen molar-refractivity contribution in [3.63, 3.8) is 0 Å². The van der Waals surface area contributed by atoms with E-state index in [0.717, 1.165) is 11.4 Å². The number of hydrogen-bond donors (Lipinski definition) is 1. The summed E-state index contributed by atoms with van der Waals surface area (Å²) in [7, 11) is 0. The Labute approximate surface area is 112 Å². The molecule has 0 aromatic heterocycles. The molecule has 0 spiro atoms. The van der Waals surface area contributed by atoms with Crippen LogP contribution in [0, 0.1) is 0 Å². The van der Waals surface area contributed by atoms with Crippen LogP contribution in [0.1, 0.15) is 13.3 Å². The molecule has 0 fully saturated rings. The van der Waals surface area contributed by atoms with Crippen LogP contribution in [-0.2, 0) is 0 Å². The van der Waals surface area contributed by atoms with Crippen LogP contribution in [0.2, 0.25) is 5.02 Å². The Morgan fingerprint density at radius 1 is 1.11 bits per heavy atom. The Morgan fingerprint density at radius 3 is 2.56 bits per heavy atom. The van der Waals surface area contributed by atoms with Crippen LogP contribution < -0.4 is 10.2 Å². The van der Waals surface area contributed by atoms with E-state index in [9.17, 15) is 0 Å². The van der Waals surface area contributed by atoms with E-state index in [1.54, 1.807) is 0 Å². The molecule has 2 aromatic carbocycles. The molecule has 18 heavy (non-hydrogen) atoms. The van der Waals surface area contributed by atoms with Gasteiger partial charge in [-0.2, -0.15) is 0 Å². The smallest absolute Gasteiger partial charge is 0.104 e. The van der Waals surface area contributed by atoms with Gasteiger partial charge in [-0.3, -0.25) is 0 Å². The standard InChI is InChI=1S/C15H15ClN2/c1-2-15-17-13-5-3-4-6-14(13)18(15)12-9-7-11(16)8-10-12/h3-10,15,17H,2H2,1H3. The summed E-state index contributed by atoms with van der Waals surface area (Å²) in [5.74, 6) is 0. The molecule has 92 valence electrons. The zero-order chi connectivity index (χ0) is 12.5. The molecule has 0 saturated heterocycles. The highest BCUT2D eigenvalue weighted by Crippen LogP contribution is 2.40. The van der Waals surface area contributed by atoms with Crippen LogP contribution in [0.3, 0.4) is 0 Å². The first-order chi connectivity index (χ1) is 8.79. The highest BCUT2D eigenvalue weighted by Gasteiger charge is 2.27. The second kappa shape index (κ2) is 4.54. The van der Waals surface area contributed by atoms with E-state index >= 15 is 0 Å². The number of rotatable bonds is 2. The van der Waals surface area contributed by atoms with Crippen LogP contribution in [0.15, 0.2) is 48.5 Å².